The Kier molecular flexibility index (Phi) is 12.7. The second-order valence-corrected chi connectivity index (χ2v) is 11.0. The van der Waals surface area contributed by atoms with Crippen LogP contribution in [0.3, 0.4) is 0 Å². The van der Waals surface area contributed by atoms with Crippen molar-refractivity contribution in [1.82, 2.24) is 0 Å². The largest absolute Gasteiger partial charge is 0.399 e. The average molecular weight is 553 g/mol. The fourth-order valence-corrected chi connectivity index (χ4v) is 4.04. The quantitative estimate of drug-likeness (QED) is 0.241. The molecule has 204 valence electrons. The summed E-state index contributed by atoms with van der Waals surface area (Å²) in [6.07, 6.45) is 0.899. The fraction of sp³-hybridized carbons (Fsp3) is 0.308. The normalized spacial score (nSPS) is 11.0. The van der Waals surface area contributed by atoms with Crippen LogP contribution in [0.1, 0.15) is 29.2 Å². The van der Waals surface area contributed by atoms with Crippen LogP contribution >= 0.6 is 0 Å². The number of nitrogen functional groups attached to an aromatic ring is 1. The fourth-order valence-electron chi connectivity index (χ4n) is 3.08. The Morgan fingerprint density at radius 2 is 1.22 bits per heavy atom. The zero-order chi connectivity index (χ0) is 28.2. The van der Waals surface area contributed by atoms with Crippen LogP contribution in [0.5, 0.6) is 0 Å². The molecule has 0 amide bonds. The van der Waals surface area contributed by atoms with Crippen molar-refractivity contribution in [2.75, 3.05) is 31.3 Å². The van der Waals surface area contributed by atoms with Crippen molar-refractivity contribution < 1.29 is 30.7 Å². The van der Waals surface area contributed by atoms with E-state index in [4.69, 9.17) is 19.6 Å². The van der Waals surface area contributed by atoms with E-state index in [1.165, 1.54) is 35.5 Å². The van der Waals surface area contributed by atoms with E-state index >= 15 is 0 Å². The van der Waals surface area contributed by atoms with Gasteiger partial charge in [0.1, 0.15) is 0 Å². The molecular weight excluding hydrogens is 516 g/mol. The van der Waals surface area contributed by atoms with Gasteiger partial charge in [-0.3, -0.25) is 9.11 Å². The highest BCUT2D eigenvalue weighted by atomic mass is 32.2. The monoisotopic (exact) mass is 552 g/mol. The van der Waals surface area contributed by atoms with Gasteiger partial charge in [-0.1, -0.05) is 35.4 Å². The van der Waals surface area contributed by atoms with E-state index in [-0.39, 0.29) is 9.79 Å². The zero-order valence-corrected chi connectivity index (χ0v) is 23.4. The third kappa shape index (κ3) is 11.3. The van der Waals surface area contributed by atoms with Crippen LogP contribution in [-0.4, -0.2) is 46.2 Å². The van der Waals surface area contributed by atoms with Crippen LogP contribution in [0, 0.1) is 20.8 Å². The standard InChI is InChI=1S/C12H20N2O.2C7H8O3S/c1-4-14-12-6-5-11(13)9(2)10(12)7-8-15-3;2*1-6-2-4-7(5-3-6)11(8,9)10/h5-6,14H,4,7-8,13H2,1-3H3;2*2-5H,1H3,(H,8,9,10). The molecule has 0 saturated carbocycles. The number of nitrogens with one attached hydrogen (secondary N) is 1. The Labute approximate surface area is 220 Å². The van der Waals surface area contributed by atoms with Gasteiger partial charge in [-0.2, -0.15) is 16.8 Å². The predicted molar refractivity (Wildman–Crippen MR) is 147 cm³/mol. The molecule has 0 aliphatic carbocycles. The topological polar surface area (TPSA) is 156 Å². The highest BCUT2D eigenvalue weighted by molar-refractivity contribution is 7.86. The van der Waals surface area contributed by atoms with Crippen molar-refractivity contribution in [2.24, 2.45) is 0 Å². The van der Waals surface area contributed by atoms with Crippen molar-refractivity contribution in [1.29, 1.82) is 0 Å². The lowest BCUT2D eigenvalue weighted by Gasteiger charge is -2.15. The first kappa shape index (κ1) is 32.1. The molecule has 5 N–H and O–H groups in total. The van der Waals surface area contributed by atoms with Crippen LogP contribution < -0.4 is 11.1 Å². The van der Waals surface area contributed by atoms with Crippen molar-refractivity contribution in [3.05, 3.63) is 82.9 Å². The maximum Gasteiger partial charge on any atom is 0.294 e. The van der Waals surface area contributed by atoms with Gasteiger partial charge in [-0.15, -0.1) is 0 Å². The number of benzene rings is 3. The second-order valence-electron chi connectivity index (χ2n) is 8.16. The Morgan fingerprint density at radius 1 is 0.784 bits per heavy atom. The van der Waals surface area contributed by atoms with Crippen LogP contribution in [0.25, 0.3) is 0 Å². The molecule has 11 heteroatoms. The second kappa shape index (κ2) is 14.7. The van der Waals surface area contributed by atoms with E-state index in [1.807, 2.05) is 26.0 Å². The van der Waals surface area contributed by atoms with Gasteiger partial charge in [0.15, 0.2) is 0 Å². The van der Waals surface area contributed by atoms with Gasteiger partial charge in [0, 0.05) is 25.0 Å². The highest BCUT2D eigenvalue weighted by Gasteiger charge is 2.08. The first-order chi connectivity index (χ1) is 17.2. The number of hydrogen-bond acceptors (Lipinski definition) is 7. The van der Waals surface area contributed by atoms with Crippen LogP contribution in [0.2, 0.25) is 0 Å². The molecule has 0 atom stereocenters. The van der Waals surface area contributed by atoms with Gasteiger partial charge in [0.25, 0.3) is 20.2 Å². The Balaban J connectivity index is 0.000000283. The van der Waals surface area contributed by atoms with Gasteiger partial charge in [-0.05, 0) is 81.6 Å². The maximum absolute atomic E-state index is 10.5. The summed E-state index contributed by atoms with van der Waals surface area (Å²) in [5.41, 5.74) is 12.2. The molecule has 0 radical (unpaired) electrons. The number of rotatable bonds is 7. The van der Waals surface area contributed by atoms with Crippen molar-refractivity contribution in [3.8, 4) is 0 Å². The molecule has 0 aromatic heterocycles. The summed E-state index contributed by atoms with van der Waals surface area (Å²) in [5, 5.41) is 3.34. The number of nitrogens with two attached hydrogens (primary N) is 1. The number of ether oxygens (including phenoxy) is 1. The molecule has 0 bridgehead atoms. The van der Waals surface area contributed by atoms with Crippen molar-refractivity contribution >= 4 is 31.6 Å². The number of aryl methyl sites for hydroxylation is 2. The molecule has 0 spiro atoms. The molecule has 3 aromatic rings. The van der Waals surface area contributed by atoms with Crippen molar-refractivity contribution in [3.63, 3.8) is 0 Å². The average Bonchev–Trinajstić information content (AvgIpc) is 2.82. The van der Waals surface area contributed by atoms with Crippen LogP contribution in [0.4, 0.5) is 11.4 Å². The van der Waals surface area contributed by atoms with Gasteiger partial charge >= 0.3 is 0 Å². The minimum Gasteiger partial charge on any atom is -0.399 e. The first-order valence-electron chi connectivity index (χ1n) is 11.4. The lowest BCUT2D eigenvalue weighted by Crippen LogP contribution is -2.07. The Bertz CT molecular complexity index is 1270. The lowest BCUT2D eigenvalue weighted by molar-refractivity contribution is 0.202. The smallest absolute Gasteiger partial charge is 0.294 e. The summed E-state index contributed by atoms with van der Waals surface area (Å²) in [6.45, 7) is 9.47. The third-order valence-corrected chi connectivity index (χ3v) is 6.94. The molecule has 3 rings (SSSR count). The molecule has 0 heterocycles. The van der Waals surface area contributed by atoms with E-state index < -0.39 is 20.2 Å². The summed E-state index contributed by atoms with van der Waals surface area (Å²) < 4.78 is 64.2. The Morgan fingerprint density at radius 3 is 1.57 bits per heavy atom. The summed E-state index contributed by atoms with van der Waals surface area (Å²) in [6, 6.07) is 16.0. The molecule has 0 aliphatic heterocycles. The molecule has 9 nitrogen and oxygen atoms in total. The number of hydrogen-bond donors (Lipinski definition) is 4. The van der Waals surface area contributed by atoms with Crippen LogP contribution in [-0.2, 0) is 31.4 Å². The van der Waals surface area contributed by atoms with E-state index in [1.54, 1.807) is 31.4 Å². The van der Waals surface area contributed by atoms with Crippen LogP contribution in [0.15, 0.2) is 70.5 Å². The highest BCUT2D eigenvalue weighted by Crippen LogP contribution is 2.25. The maximum atomic E-state index is 10.5. The molecule has 37 heavy (non-hydrogen) atoms. The lowest BCUT2D eigenvalue weighted by atomic mass is 10.0. The molecular formula is C26H36N2O7S2. The SMILES string of the molecule is CCNc1ccc(N)c(C)c1CCOC.Cc1ccc(S(=O)(=O)O)cc1.Cc1ccc(S(=O)(=O)O)cc1. The van der Waals surface area contributed by atoms with E-state index in [9.17, 15) is 16.8 Å². The summed E-state index contributed by atoms with van der Waals surface area (Å²) in [4.78, 5) is -0.133. The van der Waals surface area contributed by atoms with Gasteiger partial charge < -0.3 is 15.8 Å². The van der Waals surface area contributed by atoms with E-state index in [2.05, 4.69) is 19.2 Å². The summed E-state index contributed by atoms with van der Waals surface area (Å²) in [7, 11) is -6.32. The van der Waals surface area contributed by atoms with E-state index in [0.29, 0.717) is 0 Å². The van der Waals surface area contributed by atoms with Gasteiger partial charge in [-0.25, -0.2) is 0 Å². The number of methoxy groups -OCH3 is 1. The van der Waals surface area contributed by atoms with Gasteiger partial charge in [0.05, 0.1) is 16.4 Å². The molecule has 0 fully saturated rings. The number of anilines is 2. The molecule has 3 aromatic carbocycles. The minimum atomic E-state index is -4.02. The zero-order valence-electron chi connectivity index (χ0n) is 21.7. The molecule has 0 aliphatic rings. The molecule has 0 saturated heterocycles. The Hall–Kier alpha value is -2.96. The summed E-state index contributed by atoms with van der Waals surface area (Å²) >= 11 is 0. The first-order valence-corrected chi connectivity index (χ1v) is 14.3. The minimum absolute atomic E-state index is 0.0666. The molecule has 0 unspecified atom stereocenters. The third-order valence-electron chi connectivity index (χ3n) is 5.20. The predicted octanol–water partition coefficient (Wildman–Crippen LogP) is 4.68. The summed E-state index contributed by atoms with van der Waals surface area (Å²) in [5.74, 6) is 0. The van der Waals surface area contributed by atoms with Crippen molar-refractivity contribution in [2.45, 2.75) is 43.9 Å². The van der Waals surface area contributed by atoms with Gasteiger partial charge in [0.2, 0.25) is 0 Å². The van der Waals surface area contributed by atoms with E-state index in [0.717, 1.165) is 42.0 Å².